The Morgan fingerprint density at radius 2 is 2.20 bits per heavy atom. The highest BCUT2D eigenvalue weighted by atomic mass is 79.9. The number of ether oxygens (including phenoxy) is 1. The Labute approximate surface area is 126 Å². The number of benzene rings is 1. The molecule has 2 aromatic rings. The molecule has 0 spiro atoms. The van der Waals surface area contributed by atoms with Crippen molar-refractivity contribution >= 4 is 15.9 Å². The van der Waals surface area contributed by atoms with E-state index in [1.807, 2.05) is 18.2 Å². The average Bonchev–Trinajstić information content (AvgIpc) is 2.82. The van der Waals surface area contributed by atoms with Crippen LogP contribution in [0.4, 0.5) is 0 Å². The zero-order chi connectivity index (χ0) is 14.5. The normalized spacial score (nSPS) is 11.1. The van der Waals surface area contributed by atoms with Crippen molar-refractivity contribution in [2.45, 2.75) is 40.0 Å². The van der Waals surface area contributed by atoms with Gasteiger partial charge in [0.05, 0.1) is 0 Å². The molecule has 0 amide bonds. The number of hydrogen-bond donors (Lipinski definition) is 1. The molecule has 2 rings (SSSR count). The molecule has 6 heteroatoms. The molecule has 5 nitrogen and oxygen atoms in total. The average molecular weight is 340 g/mol. The van der Waals surface area contributed by atoms with Crippen LogP contribution in [0, 0.1) is 6.92 Å². The smallest absolute Gasteiger partial charge is 0.223 e. The number of nitrogens with zero attached hydrogens (tertiary/aromatic N) is 2. The summed E-state index contributed by atoms with van der Waals surface area (Å²) in [6, 6.07) is 6.34. The van der Waals surface area contributed by atoms with E-state index in [1.54, 1.807) is 6.92 Å². The highest BCUT2D eigenvalue weighted by Crippen LogP contribution is 2.23. The number of halogens is 1. The molecule has 20 heavy (non-hydrogen) atoms. The van der Waals surface area contributed by atoms with E-state index in [4.69, 9.17) is 9.26 Å². The largest absolute Gasteiger partial charge is 0.485 e. The summed E-state index contributed by atoms with van der Waals surface area (Å²) in [5.41, 5.74) is 1.15. The fourth-order valence-electron chi connectivity index (χ4n) is 1.64. The molecule has 1 aromatic carbocycles. The lowest BCUT2D eigenvalue weighted by atomic mass is 10.2. The second-order valence-corrected chi connectivity index (χ2v) is 5.66. The molecular weight excluding hydrogens is 322 g/mol. The van der Waals surface area contributed by atoms with Crippen LogP contribution in [-0.4, -0.2) is 16.2 Å². The SMILES string of the molecule is Cc1nc(COc2ccc(Br)c(CNC(C)C)c2)no1. The van der Waals surface area contributed by atoms with Gasteiger partial charge in [0.2, 0.25) is 11.7 Å². The van der Waals surface area contributed by atoms with Crippen molar-refractivity contribution in [3.8, 4) is 5.75 Å². The van der Waals surface area contributed by atoms with E-state index in [0.29, 0.717) is 24.4 Å². The van der Waals surface area contributed by atoms with Crippen molar-refractivity contribution in [2.75, 3.05) is 0 Å². The highest BCUT2D eigenvalue weighted by molar-refractivity contribution is 9.10. The molecule has 1 aromatic heterocycles. The van der Waals surface area contributed by atoms with Gasteiger partial charge in [0.1, 0.15) is 5.75 Å². The number of rotatable bonds is 6. The van der Waals surface area contributed by atoms with Crippen LogP contribution in [-0.2, 0) is 13.2 Å². The monoisotopic (exact) mass is 339 g/mol. The quantitative estimate of drug-likeness (QED) is 0.875. The zero-order valence-corrected chi connectivity index (χ0v) is 13.4. The molecule has 108 valence electrons. The van der Waals surface area contributed by atoms with Gasteiger partial charge in [0.15, 0.2) is 6.61 Å². The van der Waals surface area contributed by atoms with Gasteiger partial charge in [-0.25, -0.2) is 0 Å². The first kappa shape index (κ1) is 15.0. The molecule has 0 bridgehead atoms. The van der Waals surface area contributed by atoms with Crippen LogP contribution >= 0.6 is 15.9 Å². The molecule has 0 aliphatic rings. The van der Waals surface area contributed by atoms with E-state index in [-0.39, 0.29) is 0 Å². The second kappa shape index (κ2) is 6.85. The third-order valence-corrected chi connectivity index (χ3v) is 3.43. The Kier molecular flexibility index (Phi) is 5.14. The highest BCUT2D eigenvalue weighted by Gasteiger charge is 2.06. The van der Waals surface area contributed by atoms with Gasteiger partial charge in [0.25, 0.3) is 0 Å². The van der Waals surface area contributed by atoms with Crippen molar-refractivity contribution < 1.29 is 9.26 Å². The van der Waals surface area contributed by atoms with Gasteiger partial charge in [-0.2, -0.15) is 4.98 Å². The van der Waals surface area contributed by atoms with Crippen molar-refractivity contribution in [3.63, 3.8) is 0 Å². The standard InChI is InChI=1S/C14H18BrN3O2/c1-9(2)16-7-11-6-12(4-5-13(11)15)19-8-14-17-10(3)20-18-14/h4-6,9,16H,7-8H2,1-3H3. The van der Waals surface area contributed by atoms with Gasteiger partial charge in [-0.3, -0.25) is 0 Å². The van der Waals surface area contributed by atoms with E-state index < -0.39 is 0 Å². The molecule has 1 heterocycles. The topological polar surface area (TPSA) is 60.2 Å². The van der Waals surface area contributed by atoms with Crippen molar-refractivity contribution in [3.05, 3.63) is 40.0 Å². The van der Waals surface area contributed by atoms with Crippen molar-refractivity contribution in [2.24, 2.45) is 0 Å². The van der Waals surface area contributed by atoms with Gasteiger partial charge >= 0.3 is 0 Å². The summed E-state index contributed by atoms with van der Waals surface area (Å²) < 4.78 is 11.6. The maximum atomic E-state index is 5.67. The summed E-state index contributed by atoms with van der Waals surface area (Å²) in [7, 11) is 0. The molecule has 0 aliphatic carbocycles. The van der Waals surface area contributed by atoms with E-state index in [0.717, 1.165) is 22.3 Å². The summed E-state index contributed by atoms with van der Waals surface area (Å²) in [5.74, 6) is 1.88. The lowest BCUT2D eigenvalue weighted by Crippen LogP contribution is -2.22. The van der Waals surface area contributed by atoms with Crippen LogP contribution in [0.2, 0.25) is 0 Å². The number of aryl methyl sites for hydroxylation is 1. The molecule has 0 unspecified atom stereocenters. The molecule has 0 saturated heterocycles. The molecule has 0 atom stereocenters. The Balaban J connectivity index is 1.99. The summed E-state index contributed by atoms with van der Waals surface area (Å²) >= 11 is 3.54. The molecule has 1 N–H and O–H groups in total. The summed E-state index contributed by atoms with van der Waals surface area (Å²) in [6.45, 7) is 7.08. The lowest BCUT2D eigenvalue weighted by Gasteiger charge is -2.11. The number of nitrogens with one attached hydrogen (secondary N) is 1. The lowest BCUT2D eigenvalue weighted by molar-refractivity contribution is 0.285. The minimum absolute atomic E-state index is 0.302. The fourth-order valence-corrected chi connectivity index (χ4v) is 2.03. The van der Waals surface area contributed by atoms with E-state index in [1.165, 1.54) is 0 Å². The molecule has 0 radical (unpaired) electrons. The first-order valence-electron chi connectivity index (χ1n) is 6.48. The zero-order valence-electron chi connectivity index (χ0n) is 11.8. The minimum atomic E-state index is 0.302. The fraction of sp³-hybridized carbons (Fsp3) is 0.429. The van der Waals surface area contributed by atoms with Crippen LogP contribution in [0.15, 0.2) is 27.2 Å². The Morgan fingerprint density at radius 1 is 1.40 bits per heavy atom. The van der Waals surface area contributed by atoms with E-state index in [9.17, 15) is 0 Å². The maximum Gasteiger partial charge on any atom is 0.223 e. The van der Waals surface area contributed by atoms with Gasteiger partial charge in [-0.05, 0) is 23.8 Å². The van der Waals surface area contributed by atoms with E-state index in [2.05, 4.69) is 45.2 Å². The molecule has 0 fully saturated rings. The molecule has 0 saturated carbocycles. The van der Waals surface area contributed by atoms with Crippen LogP contribution in [0.25, 0.3) is 0 Å². The Bertz CT molecular complexity index is 569. The van der Waals surface area contributed by atoms with Crippen LogP contribution < -0.4 is 10.1 Å². The third-order valence-electron chi connectivity index (χ3n) is 2.66. The first-order chi connectivity index (χ1) is 9.54. The van der Waals surface area contributed by atoms with Crippen molar-refractivity contribution in [1.29, 1.82) is 0 Å². The van der Waals surface area contributed by atoms with Gasteiger partial charge < -0.3 is 14.6 Å². The van der Waals surface area contributed by atoms with E-state index >= 15 is 0 Å². The van der Waals surface area contributed by atoms with Crippen LogP contribution in [0.3, 0.4) is 0 Å². The molecule has 0 aliphatic heterocycles. The molecular formula is C14H18BrN3O2. The van der Waals surface area contributed by atoms with Crippen LogP contribution in [0.5, 0.6) is 5.75 Å². The predicted octanol–water partition coefficient (Wildman–Crippen LogP) is 3.22. The van der Waals surface area contributed by atoms with Gasteiger partial charge in [-0.1, -0.05) is 34.9 Å². The van der Waals surface area contributed by atoms with Crippen molar-refractivity contribution in [1.82, 2.24) is 15.5 Å². The van der Waals surface area contributed by atoms with Crippen LogP contribution in [0.1, 0.15) is 31.1 Å². The number of hydrogen-bond acceptors (Lipinski definition) is 5. The maximum absolute atomic E-state index is 5.67. The summed E-state index contributed by atoms with van der Waals surface area (Å²) in [6.07, 6.45) is 0. The Hall–Kier alpha value is -1.40. The van der Waals surface area contributed by atoms with Gasteiger partial charge in [-0.15, -0.1) is 0 Å². The first-order valence-corrected chi connectivity index (χ1v) is 7.27. The van der Waals surface area contributed by atoms with Gasteiger partial charge in [0, 0.05) is 24.0 Å². The Morgan fingerprint density at radius 3 is 2.85 bits per heavy atom. The predicted molar refractivity (Wildman–Crippen MR) is 79.5 cm³/mol. The second-order valence-electron chi connectivity index (χ2n) is 4.81. The minimum Gasteiger partial charge on any atom is -0.485 e. The summed E-state index contributed by atoms with van der Waals surface area (Å²) in [5, 5.41) is 7.18. The summed E-state index contributed by atoms with van der Waals surface area (Å²) in [4.78, 5) is 4.10. The number of aromatic nitrogens is 2. The third kappa shape index (κ3) is 4.31.